The van der Waals surface area contributed by atoms with Crippen LogP contribution in [0.25, 0.3) is 11.0 Å². The van der Waals surface area contributed by atoms with E-state index in [-0.39, 0.29) is 5.56 Å². The number of hydrogen-bond acceptors (Lipinski definition) is 4. The molecule has 0 amide bonds. The van der Waals surface area contributed by atoms with Crippen LogP contribution >= 0.6 is 0 Å². The third-order valence-electron chi connectivity index (χ3n) is 3.54. The van der Waals surface area contributed by atoms with Gasteiger partial charge in [0.1, 0.15) is 11.1 Å². The summed E-state index contributed by atoms with van der Waals surface area (Å²) in [5.74, 6) is 0. The van der Waals surface area contributed by atoms with E-state index >= 15 is 0 Å². The number of rotatable bonds is 4. The van der Waals surface area contributed by atoms with Crippen LogP contribution in [0.1, 0.15) is 35.3 Å². The van der Waals surface area contributed by atoms with Gasteiger partial charge in [-0.05, 0) is 44.9 Å². The van der Waals surface area contributed by atoms with E-state index in [0.29, 0.717) is 17.6 Å². The van der Waals surface area contributed by atoms with Gasteiger partial charge in [-0.2, -0.15) is 0 Å². The van der Waals surface area contributed by atoms with E-state index in [1.807, 2.05) is 44.7 Å². The zero-order chi connectivity index (χ0) is 14.9. The van der Waals surface area contributed by atoms with Crippen molar-refractivity contribution in [2.45, 2.75) is 27.7 Å². The van der Waals surface area contributed by atoms with Gasteiger partial charge in [0.2, 0.25) is 0 Å². The van der Waals surface area contributed by atoms with Crippen LogP contribution in [0, 0.1) is 13.8 Å². The van der Waals surface area contributed by atoms with Crippen LogP contribution in [0.15, 0.2) is 21.3 Å². The number of benzene rings is 1. The first-order valence-corrected chi connectivity index (χ1v) is 6.81. The molecule has 0 atom stereocenters. The monoisotopic (exact) mass is 273 g/mol. The van der Waals surface area contributed by atoms with E-state index in [0.717, 1.165) is 29.6 Å². The van der Waals surface area contributed by atoms with E-state index in [2.05, 4.69) is 0 Å². The van der Waals surface area contributed by atoms with Crippen molar-refractivity contribution in [3.8, 4) is 0 Å². The van der Waals surface area contributed by atoms with E-state index < -0.39 is 5.63 Å². The molecule has 0 aliphatic heterocycles. The Kier molecular flexibility index (Phi) is 3.93. The summed E-state index contributed by atoms with van der Waals surface area (Å²) in [4.78, 5) is 25.4. The predicted molar refractivity (Wildman–Crippen MR) is 80.9 cm³/mol. The number of carbonyl (C=O) groups is 1. The van der Waals surface area contributed by atoms with Gasteiger partial charge in [0, 0.05) is 18.5 Å². The van der Waals surface area contributed by atoms with Crippen LogP contribution in [0.2, 0.25) is 0 Å². The third-order valence-corrected chi connectivity index (χ3v) is 3.54. The molecule has 0 N–H and O–H groups in total. The zero-order valence-electron chi connectivity index (χ0n) is 12.3. The van der Waals surface area contributed by atoms with E-state index in [9.17, 15) is 9.59 Å². The van der Waals surface area contributed by atoms with E-state index in [1.54, 1.807) is 0 Å². The molecule has 0 aliphatic rings. The Morgan fingerprint density at radius 3 is 2.40 bits per heavy atom. The fourth-order valence-electron chi connectivity index (χ4n) is 2.64. The molecule has 0 spiro atoms. The lowest BCUT2D eigenvalue weighted by Crippen LogP contribution is -2.26. The standard InChI is InChI=1S/C16H19NO3/c1-5-17(6-2)14-12-8-10(3)7-11(4)15(12)20-16(19)13(14)9-18/h7-9H,5-6H2,1-4H3. The summed E-state index contributed by atoms with van der Waals surface area (Å²) in [6.45, 7) is 9.35. The Bertz CT molecular complexity index is 712. The molecular weight excluding hydrogens is 254 g/mol. The summed E-state index contributed by atoms with van der Waals surface area (Å²) in [7, 11) is 0. The summed E-state index contributed by atoms with van der Waals surface area (Å²) in [6.07, 6.45) is 0.594. The first kappa shape index (κ1) is 14.3. The van der Waals surface area contributed by atoms with Crippen molar-refractivity contribution in [3.63, 3.8) is 0 Å². The van der Waals surface area contributed by atoms with Crippen molar-refractivity contribution in [2.75, 3.05) is 18.0 Å². The second-order valence-electron chi connectivity index (χ2n) is 4.90. The van der Waals surface area contributed by atoms with E-state index in [1.165, 1.54) is 0 Å². The van der Waals surface area contributed by atoms with Gasteiger partial charge in [-0.15, -0.1) is 0 Å². The summed E-state index contributed by atoms with van der Waals surface area (Å²) in [5.41, 5.74) is 2.76. The fourth-order valence-corrected chi connectivity index (χ4v) is 2.64. The number of hydrogen-bond donors (Lipinski definition) is 0. The highest BCUT2D eigenvalue weighted by molar-refractivity contribution is 6.00. The van der Waals surface area contributed by atoms with Crippen LogP contribution in [0.4, 0.5) is 5.69 Å². The highest BCUT2D eigenvalue weighted by Crippen LogP contribution is 2.30. The van der Waals surface area contributed by atoms with E-state index in [4.69, 9.17) is 4.42 Å². The van der Waals surface area contributed by atoms with Crippen molar-refractivity contribution in [2.24, 2.45) is 0 Å². The molecule has 4 heteroatoms. The van der Waals surface area contributed by atoms with Gasteiger partial charge in [0.25, 0.3) is 0 Å². The molecule has 20 heavy (non-hydrogen) atoms. The minimum absolute atomic E-state index is 0.103. The second-order valence-corrected chi connectivity index (χ2v) is 4.90. The van der Waals surface area contributed by atoms with Gasteiger partial charge >= 0.3 is 5.63 Å². The molecule has 0 saturated carbocycles. The lowest BCUT2D eigenvalue weighted by atomic mass is 10.0. The van der Waals surface area contributed by atoms with Gasteiger partial charge in [-0.3, -0.25) is 4.79 Å². The number of carbonyl (C=O) groups excluding carboxylic acids is 1. The van der Waals surface area contributed by atoms with Crippen molar-refractivity contribution in [1.82, 2.24) is 0 Å². The molecule has 106 valence electrons. The Morgan fingerprint density at radius 1 is 1.20 bits per heavy atom. The van der Waals surface area contributed by atoms with Crippen LogP contribution in [-0.4, -0.2) is 19.4 Å². The normalized spacial score (nSPS) is 10.8. The smallest absolute Gasteiger partial charge is 0.349 e. The maximum absolute atomic E-state index is 12.0. The average molecular weight is 273 g/mol. The molecule has 2 rings (SSSR count). The Balaban J connectivity index is 2.99. The SMILES string of the molecule is CCN(CC)c1c(C=O)c(=O)oc2c(C)cc(C)cc12. The molecular formula is C16H19NO3. The first-order valence-electron chi connectivity index (χ1n) is 6.81. The summed E-state index contributed by atoms with van der Waals surface area (Å²) in [6, 6.07) is 3.93. The molecule has 0 unspecified atom stereocenters. The number of anilines is 1. The Hall–Kier alpha value is -2.10. The maximum Gasteiger partial charge on any atom is 0.349 e. The van der Waals surface area contributed by atoms with Gasteiger partial charge in [-0.1, -0.05) is 6.07 Å². The van der Waals surface area contributed by atoms with Crippen LogP contribution < -0.4 is 10.5 Å². The average Bonchev–Trinajstić information content (AvgIpc) is 2.41. The predicted octanol–water partition coefficient (Wildman–Crippen LogP) is 3.07. The lowest BCUT2D eigenvalue weighted by Gasteiger charge is -2.24. The minimum atomic E-state index is -0.568. The molecule has 4 nitrogen and oxygen atoms in total. The quantitative estimate of drug-likeness (QED) is 0.634. The topological polar surface area (TPSA) is 50.5 Å². The van der Waals surface area contributed by atoms with Crippen LogP contribution in [0.3, 0.4) is 0 Å². The molecule has 2 aromatic rings. The highest BCUT2D eigenvalue weighted by atomic mass is 16.4. The second kappa shape index (κ2) is 5.49. The Morgan fingerprint density at radius 2 is 1.85 bits per heavy atom. The molecule has 0 radical (unpaired) electrons. The van der Waals surface area contributed by atoms with Crippen molar-refractivity contribution in [3.05, 3.63) is 39.2 Å². The molecule has 1 heterocycles. The van der Waals surface area contributed by atoms with Gasteiger partial charge in [0.15, 0.2) is 6.29 Å². The van der Waals surface area contributed by atoms with Crippen molar-refractivity contribution >= 4 is 22.9 Å². The number of aldehydes is 1. The Labute approximate surface area is 118 Å². The van der Waals surface area contributed by atoms with Crippen molar-refractivity contribution in [1.29, 1.82) is 0 Å². The fraction of sp³-hybridized carbons (Fsp3) is 0.375. The maximum atomic E-state index is 12.0. The number of fused-ring (bicyclic) bond motifs is 1. The molecule has 0 saturated heterocycles. The molecule has 1 aromatic heterocycles. The molecule has 0 aliphatic carbocycles. The summed E-state index contributed by atoms with van der Waals surface area (Å²) in [5, 5.41) is 0.827. The number of aryl methyl sites for hydroxylation is 2. The lowest BCUT2D eigenvalue weighted by molar-refractivity contribution is 0.112. The first-order chi connectivity index (χ1) is 9.53. The molecule has 0 fully saturated rings. The van der Waals surface area contributed by atoms with Crippen molar-refractivity contribution < 1.29 is 9.21 Å². The molecule has 1 aromatic carbocycles. The third kappa shape index (κ3) is 2.22. The van der Waals surface area contributed by atoms with Crippen LogP contribution in [0.5, 0.6) is 0 Å². The van der Waals surface area contributed by atoms with Crippen LogP contribution in [-0.2, 0) is 0 Å². The van der Waals surface area contributed by atoms with Gasteiger partial charge in [-0.25, -0.2) is 4.79 Å². The van der Waals surface area contributed by atoms with Gasteiger partial charge in [0.05, 0.1) is 5.69 Å². The number of nitrogens with zero attached hydrogens (tertiary/aromatic N) is 1. The summed E-state index contributed by atoms with van der Waals surface area (Å²) >= 11 is 0. The zero-order valence-corrected chi connectivity index (χ0v) is 12.3. The molecule has 0 bridgehead atoms. The largest absolute Gasteiger partial charge is 0.422 e. The summed E-state index contributed by atoms with van der Waals surface area (Å²) < 4.78 is 5.34. The minimum Gasteiger partial charge on any atom is -0.422 e. The van der Waals surface area contributed by atoms with Gasteiger partial charge < -0.3 is 9.32 Å². The highest BCUT2D eigenvalue weighted by Gasteiger charge is 2.19.